The van der Waals surface area contributed by atoms with Crippen LogP contribution in [0.5, 0.6) is 5.75 Å². The molecule has 0 heterocycles. The van der Waals surface area contributed by atoms with E-state index in [1.54, 1.807) is 25.3 Å². The van der Waals surface area contributed by atoms with Gasteiger partial charge in [0.2, 0.25) is 0 Å². The number of nitrogens with one attached hydrogen (secondary N) is 1. The monoisotopic (exact) mass is 426 g/mol. The van der Waals surface area contributed by atoms with Gasteiger partial charge in [0, 0.05) is 0 Å². The Hall–Kier alpha value is -1.99. The van der Waals surface area contributed by atoms with Crippen molar-refractivity contribution in [1.29, 1.82) is 0 Å². The molecule has 0 saturated carbocycles. The second-order valence-corrected chi connectivity index (χ2v) is 9.09. The van der Waals surface area contributed by atoms with Crippen LogP contribution in [0.1, 0.15) is 10.4 Å². The van der Waals surface area contributed by atoms with Gasteiger partial charge in [-0.15, -0.1) is 0 Å². The predicted octanol–water partition coefficient (Wildman–Crippen LogP) is 1.34. The minimum absolute atomic E-state index is 0.219. The number of carbonyl (C=O) groups is 2. The van der Waals surface area contributed by atoms with Crippen LogP contribution >= 0.6 is 10.2 Å². The van der Waals surface area contributed by atoms with Crippen molar-refractivity contribution >= 4 is 46.0 Å². The molecule has 0 radical (unpaired) electrons. The Labute approximate surface area is 155 Å². The molecule has 132 valence electrons. The number of rotatable bonds is 8. The Balaban J connectivity index is 2.16. The van der Waals surface area contributed by atoms with Gasteiger partial charge in [-0.25, -0.2) is 0 Å². The molecule has 25 heavy (non-hydrogen) atoms. The topological polar surface area (TPSA) is 102 Å². The number of anilines is 1. The van der Waals surface area contributed by atoms with Crippen LogP contribution in [0.4, 0.5) is 5.69 Å². The Bertz CT molecular complexity index is 743. The summed E-state index contributed by atoms with van der Waals surface area (Å²) in [7, 11) is 2.95. The van der Waals surface area contributed by atoms with Crippen LogP contribution in [0, 0.1) is 0 Å². The molecule has 2 aromatic rings. The summed E-state index contributed by atoms with van der Waals surface area (Å²) in [4.78, 5) is 23.4. The van der Waals surface area contributed by atoms with Crippen molar-refractivity contribution < 1.29 is 19.4 Å². The molecule has 0 unspecified atom stereocenters. The molecule has 0 aliphatic carbocycles. The fraction of sp³-hybridized carbons (Fsp3) is 0.176. The normalized spacial score (nSPS) is 11.6. The third-order valence-corrected chi connectivity index (χ3v) is 7.49. The molecule has 0 saturated heterocycles. The van der Waals surface area contributed by atoms with Crippen LogP contribution in [0.15, 0.2) is 48.5 Å². The molecule has 4 N–H and O–H groups in total. The molecule has 1 amide bonds. The standard InChI is InChI=1S/C17H18N2O4SSe/c1-23-14-9-5-8-12(15(14)25-24-10-13(18)17(21)22)16(20)19-11-6-3-2-4-7-11/h2-9,13H,10,18H2,1H3,(H,19,20)(H,21,22)/t13-/m0/s1. The SMILES string of the molecule is COc1cccc(C(=O)Nc2ccccc2)c1[Se]SC[C@H](N)C(=O)O. The second kappa shape index (κ2) is 9.48. The number of carboxylic acids is 1. The summed E-state index contributed by atoms with van der Waals surface area (Å²) < 4.78 is 6.14. The Kier molecular flexibility index (Phi) is 7.33. The van der Waals surface area contributed by atoms with Crippen molar-refractivity contribution in [2.24, 2.45) is 5.73 Å². The molecule has 2 aromatic carbocycles. The van der Waals surface area contributed by atoms with Gasteiger partial charge >= 0.3 is 155 Å². The van der Waals surface area contributed by atoms with Crippen molar-refractivity contribution in [1.82, 2.24) is 0 Å². The number of ether oxygens (including phenoxy) is 1. The van der Waals surface area contributed by atoms with Crippen LogP contribution in [0.2, 0.25) is 0 Å². The van der Waals surface area contributed by atoms with E-state index >= 15 is 0 Å². The van der Waals surface area contributed by atoms with E-state index in [2.05, 4.69) is 5.32 Å². The number of methoxy groups -OCH3 is 1. The zero-order valence-electron chi connectivity index (χ0n) is 13.5. The van der Waals surface area contributed by atoms with Gasteiger partial charge in [0.05, 0.1) is 0 Å². The first-order chi connectivity index (χ1) is 12.0. The number of hydrogen-bond acceptors (Lipinski definition) is 5. The maximum absolute atomic E-state index is 12.6. The Morgan fingerprint density at radius 3 is 2.60 bits per heavy atom. The van der Waals surface area contributed by atoms with Crippen molar-refractivity contribution in [2.45, 2.75) is 6.04 Å². The van der Waals surface area contributed by atoms with Gasteiger partial charge in [0.25, 0.3) is 0 Å². The summed E-state index contributed by atoms with van der Waals surface area (Å²) in [5.41, 5.74) is 6.75. The Morgan fingerprint density at radius 2 is 1.96 bits per heavy atom. The van der Waals surface area contributed by atoms with Crippen LogP contribution in [-0.4, -0.2) is 49.7 Å². The van der Waals surface area contributed by atoms with Crippen LogP contribution in [-0.2, 0) is 4.79 Å². The first kappa shape index (κ1) is 19.3. The van der Waals surface area contributed by atoms with Gasteiger partial charge in [-0.2, -0.15) is 0 Å². The third-order valence-electron chi connectivity index (χ3n) is 3.18. The molecule has 0 aliphatic heterocycles. The van der Waals surface area contributed by atoms with Crippen molar-refractivity contribution in [3.05, 3.63) is 54.1 Å². The van der Waals surface area contributed by atoms with Gasteiger partial charge in [0.15, 0.2) is 0 Å². The molecule has 0 aromatic heterocycles. The van der Waals surface area contributed by atoms with Gasteiger partial charge in [-0.05, 0) is 0 Å². The van der Waals surface area contributed by atoms with Gasteiger partial charge in [0.1, 0.15) is 0 Å². The van der Waals surface area contributed by atoms with Gasteiger partial charge < -0.3 is 0 Å². The second-order valence-electron chi connectivity index (χ2n) is 4.97. The molecule has 6 nitrogen and oxygen atoms in total. The van der Waals surface area contributed by atoms with E-state index in [0.29, 0.717) is 17.0 Å². The molecule has 0 aliphatic rings. The zero-order chi connectivity index (χ0) is 18.2. The number of amides is 1. The summed E-state index contributed by atoms with van der Waals surface area (Å²) >= 11 is -0.219. The van der Waals surface area contributed by atoms with Crippen molar-refractivity contribution in [3.63, 3.8) is 0 Å². The molecule has 2 rings (SSSR count). The fourth-order valence-electron chi connectivity index (χ4n) is 1.90. The zero-order valence-corrected chi connectivity index (χ0v) is 16.0. The molecule has 0 spiro atoms. The first-order valence-corrected chi connectivity index (χ1v) is 11.2. The maximum atomic E-state index is 12.6. The van der Waals surface area contributed by atoms with E-state index in [-0.39, 0.29) is 25.5 Å². The summed E-state index contributed by atoms with van der Waals surface area (Å²) in [5, 5.41) is 11.7. The quantitative estimate of drug-likeness (QED) is 0.552. The van der Waals surface area contributed by atoms with E-state index in [1.807, 2.05) is 30.3 Å². The number of nitrogens with two attached hydrogens (primary N) is 1. The average molecular weight is 425 g/mol. The number of carbonyl (C=O) groups excluding carboxylic acids is 1. The van der Waals surface area contributed by atoms with Crippen LogP contribution < -0.4 is 20.2 Å². The number of aliphatic carboxylic acids is 1. The number of para-hydroxylation sites is 1. The third kappa shape index (κ3) is 5.50. The van der Waals surface area contributed by atoms with Crippen molar-refractivity contribution in [3.8, 4) is 5.75 Å². The molecule has 0 bridgehead atoms. The molecular weight excluding hydrogens is 407 g/mol. The van der Waals surface area contributed by atoms with Crippen LogP contribution in [0.3, 0.4) is 0 Å². The minimum atomic E-state index is -1.04. The first-order valence-electron chi connectivity index (χ1n) is 7.34. The van der Waals surface area contributed by atoms with E-state index in [9.17, 15) is 9.59 Å². The van der Waals surface area contributed by atoms with E-state index in [4.69, 9.17) is 15.6 Å². The van der Waals surface area contributed by atoms with E-state index < -0.39 is 12.0 Å². The molecule has 0 fully saturated rings. The molecular formula is C17H18N2O4SSe. The molecule has 8 heteroatoms. The average Bonchev–Trinajstić information content (AvgIpc) is 2.62. The fourth-order valence-corrected chi connectivity index (χ4v) is 6.38. The number of hydrogen-bond donors (Lipinski definition) is 3. The van der Waals surface area contributed by atoms with E-state index in [0.717, 1.165) is 4.46 Å². The number of benzene rings is 2. The summed E-state index contributed by atoms with van der Waals surface area (Å²) in [6, 6.07) is 13.5. The summed E-state index contributed by atoms with van der Waals surface area (Å²) in [5.74, 6) is -0.389. The Morgan fingerprint density at radius 1 is 1.24 bits per heavy atom. The van der Waals surface area contributed by atoms with Crippen molar-refractivity contribution in [2.75, 3.05) is 18.2 Å². The summed E-state index contributed by atoms with van der Waals surface area (Å²) in [6.45, 7) is 0. The van der Waals surface area contributed by atoms with Gasteiger partial charge in [-0.3, -0.25) is 0 Å². The summed E-state index contributed by atoms with van der Waals surface area (Å²) in [6.07, 6.45) is 0. The molecule has 1 atom stereocenters. The predicted molar refractivity (Wildman–Crippen MR) is 101 cm³/mol. The van der Waals surface area contributed by atoms with Crippen LogP contribution in [0.25, 0.3) is 0 Å². The van der Waals surface area contributed by atoms with E-state index in [1.165, 1.54) is 10.2 Å². The number of carboxylic acid groups (broad SMARTS) is 1. The van der Waals surface area contributed by atoms with Gasteiger partial charge in [-0.1, -0.05) is 0 Å².